The Balaban J connectivity index is 1.84. The van der Waals surface area contributed by atoms with Gasteiger partial charge in [-0.05, 0) is 37.5 Å². The van der Waals surface area contributed by atoms with Crippen LogP contribution >= 0.6 is 11.6 Å². The van der Waals surface area contributed by atoms with Gasteiger partial charge < -0.3 is 10.2 Å². The van der Waals surface area contributed by atoms with E-state index in [4.69, 9.17) is 11.6 Å². The number of amides is 1. The molecule has 0 aliphatic carbocycles. The zero-order chi connectivity index (χ0) is 18.7. The minimum Gasteiger partial charge on any atom is -0.340 e. The van der Waals surface area contributed by atoms with E-state index < -0.39 is 11.7 Å². The number of carbonyl (C=O) groups is 1. The maximum absolute atomic E-state index is 13.2. The third-order valence-electron chi connectivity index (χ3n) is 4.08. The van der Waals surface area contributed by atoms with Gasteiger partial charge in [-0.3, -0.25) is 4.79 Å². The molecule has 1 aromatic carbocycles. The van der Waals surface area contributed by atoms with Crippen molar-refractivity contribution in [3.8, 4) is 0 Å². The summed E-state index contributed by atoms with van der Waals surface area (Å²) in [5.41, 5.74) is -0.962. The molecule has 0 unspecified atom stereocenters. The second-order valence-electron chi connectivity index (χ2n) is 5.95. The molecule has 1 N–H and O–H groups in total. The number of benzene rings is 1. The average Bonchev–Trinajstić information content (AvgIpc) is 2.63. The molecule has 1 aliphatic heterocycles. The van der Waals surface area contributed by atoms with Crippen LogP contribution in [0.4, 0.5) is 24.7 Å². The molecule has 0 saturated carbocycles. The van der Waals surface area contributed by atoms with Gasteiger partial charge in [0, 0.05) is 24.2 Å². The number of nitrogens with zero attached hydrogens (tertiary/aromatic N) is 3. The number of anilines is 2. The predicted molar refractivity (Wildman–Crippen MR) is 91.5 cm³/mol. The third kappa shape index (κ3) is 4.24. The number of carbonyl (C=O) groups excluding carboxylic acids is 1. The van der Waals surface area contributed by atoms with Gasteiger partial charge in [-0.25, -0.2) is 9.97 Å². The number of alkyl halides is 3. The number of hydrogen-bond acceptors (Lipinski definition) is 4. The van der Waals surface area contributed by atoms with Gasteiger partial charge in [0.25, 0.3) is 5.91 Å². The average molecular weight is 385 g/mol. The maximum atomic E-state index is 13.2. The van der Waals surface area contributed by atoms with Gasteiger partial charge in [0.1, 0.15) is 17.8 Å². The van der Waals surface area contributed by atoms with E-state index in [0.29, 0.717) is 13.1 Å². The molecule has 26 heavy (non-hydrogen) atoms. The molecule has 1 amide bonds. The highest BCUT2D eigenvalue weighted by molar-refractivity contribution is 6.30. The summed E-state index contributed by atoms with van der Waals surface area (Å²) in [5.74, 6) is -0.143. The van der Waals surface area contributed by atoms with Crippen LogP contribution in [-0.2, 0) is 6.18 Å². The molecule has 138 valence electrons. The molecule has 1 aliphatic rings. The fourth-order valence-corrected chi connectivity index (χ4v) is 2.97. The quantitative estimate of drug-likeness (QED) is 0.845. The van der Waals surface area contributed by atoms with Crippen LogP contribution in [0.2, 0.25) is 5.02 Å². The highest BCUT2D eigenvalue weighted by atomic mass is 35.5. The molecule has 0 bridgehead atoms. The summed E-state index contributed by atoms with van der Waals surface area (Å²) in [6, 6.07) is 4.76. The number of nitrogens with one attached hydrogen (secondary N) is 1. The molecule has 2 heterocycles. The first-order valence-electron chi connectivity index (χ1n) is 8.10. The van der Waals surface area contributed by atoms with Gasteiger partial charge in [0.2, 0.25) is 0 Å². The molecule has 1 fully saturated rings. The summed E-state index contributed by atoms with van der Waals surface area (Å²) in [4.78, 5) is 22.0. The Morgan fingerprint density at radius 3 is 2.54 bits per heavy atom. The lowest BCUT2D eigenvalue weighted by molar-refractivity contribution is -0.136. The van der Waals surface area contributed by atoms with E-state index in [2.05, 4.69) is 15.3 Å². The lowest BCUT2D eigenvalue weighted by Gasteiger charge is -2.26. The first-order valence-corrected chi connectivity index (χ1v) is 8.47. The van der Waals surface area contributed by atoms with Crippen molar-refractivity contribution in [1.82, 2.24) is 14.9 Å². The smallest absolute Gasteiger partial charge is 0.340 e. The van der Waals surface area contributed by atoms with Gasteiger partial charge in [-0.15, -0.1) is 0 Å². The van der Waals surface area contributed by atoms with Crippen LogP contribution < -0.4 is 5.32 Å². The topological polar surface area (TPSA) is 58.1 Å². The molecule has 2 aromatic rings. The predicted octanol–water partition coefficient (Wildman–Crippen LogP) is 4.52. The SMILES string of the molecule is O=C(c1cc(Nc2ccc(Cl)cc2C(F)(F)F)ncn1)N1CCCCC1. The fourth-order valence-electron chi connectivity index (χ4n) is 2.80. The van der Waals surface area contributed by atoms with Gasteiger partial charge in [0.05, 0.1) is 11.3 Å². The molecule has 5 nitrogen and oxygen atoms in total. The summed E-state index contributed by atoms with van der Waals surface area (Å²) >= 11 is 5.68. The Hall–Kier alpha value is -2.35. The summed E-state index contributed by atoms with van der Waals surface area (Å²) in [6.07, 6.45) is -0.476. The maximum Gasteiger partial charge on any atom is 0.418 e. The van der Waals surface area contributed by atoms with Crippen molar-refractivity contribution >= 4 is 29.0 Å². The largest absolute Gasteiger partial charge is 0.418 e. The van der Waals surface area contributed by atoms with Crippen molar-refractivity contribution < 1.29 is 18.0 Å². The number of aromatic nitrogens is 2. The number of rotatable bonds is 3. The fraction of sp³-hybridized carbons (Fsp3) is 0.353. The number of likely N-dealkylation sites (tertiary alicyclic amines) is 1. The van der Waals surface area contributed by atoms with E-state index in [1.807, 2.05) is 0 Å². The van der Waals surface area contributed by atoms with Gasteiger partial charge in [-0.1, -0.05) is 11.6 Å². The highest BCUT2D eigenvalue weighted by Crippen LogP contribution is 2.37. The van der Waals surface area contributed by atoms with Crippen molar-refractivity contribution in [3.63, 3.8) is 0 Å². The Morgan fingerprint density at radius 2 is 1.85 bits per heavy atom. The second kappa shape index (κ2) is 7.49. The van der Waals surface area contributed by atoms with Crippen LogP contribution in [0.25, 0.3) is 0 Å². The van der Waals surface area contributed by atoms with E-state index in [-0.39, 0.29) is 28.1 Å². The lowest BCUT2D eigenvalue weighted by Crippen LogP contribution is -2.36. The van der Waals surface area contributed by atoms with E-state index >= 15 is 0 Å². The molecule has 0 radical (unpaired) electrons. The summed E-state index contributed by atoms with van der Waals surface area (Å²) in [7, 11) is 0. The van der Waals surface area contributed by atoms with Crippen LogP contribution in [0.5, 0.6) is 0 Å². The Kier molecular flexibility index (Phi) is 5.31. The monoisotopic (exact) mass is 384 g/mol. The minimum atomic E-state index is -4.58. The zero-order valence-corrected chi connectivity index (χ0v) is 14.4. The first-order chi connectivity index (χ1) is 12.3. The normalized spacial score (nSPS) is 15.0. The Labute approximate surface area is 153 Å². The Bertz CT molecular complexity index is 807. The molecule has 3 rings (SSSR count). The summed E-state index contributed by atoms with van der Waals surface area (Å²) < 4.78 is 39.6. The molecular formula is C17H16ClF3N4O. The summed E-state index contributed by atoms with van der Waals surface area (Å²) in [6.45, 7) is 1.31. The number of piperidine rings is 1. The van der Waals surface area contributed by atoms with Crippen molar-refractivity contribution in [2.75, 3.05) is 18.4 Å². The number of halogens is 4. The third-order valence-corrected chi connectivity index (χ3v) is 4.31. The van der Waals surface area contributed by atoms with Gasteiger partial charge in [-0.2, -0.15) is 13.2 Å². The van der Waals surface area contributed by atoms with Gasteiger partial charge in [0.15, 0.2) is 0 Å². The van der Waals surface area contributed by atoms with Crippen LogP contribution in [0.1, 0.15) is 35.3 Å². The lowest BCUT2D eigenvalue weighted by atomic mass is 10.1. The molecule has 1 aromatic heterocycles. The molecule has 1 saturated heterocycles. The molecule has 0 spiro atoms. The van der Waals surface area contributed by atoms with E-state index in [1.165, 1.54) is 18.2 Å². The van der Waals surface area contributed by atoms with E-state index in [9.17, 15) is 18.0 Å². The first kappa shape index (κ1) is 18.4. The van der Waals surface area contributed by atoms with Crippen LogP contribution in [0, 0.1) is 0 Å². The highest BCUT2D eigenvalue weighted by Gasteiger charge is 2.34. The van der Waals surface area contributed by atoms with Crippen LogP contribution in [0.15, 0.2) is 30.6 Å². The summed E-state index contributed by atoms with van der Waals surface area (Å²) in [5, 5.41) is 2.58. The Morgan fingerprint density at radius 1 is 1.12 bits per heavy atom. The van der Waals surface area contributed by atoms with Crippen molar-refractivity contribution in [2.24, 2.45) is 0 Å². The number of hydrogen-bond donors (Lipinski definition) is 1. The van der Waals surface area contributed by atoms with Crippen LogP contribution in [0.3, 0.4) is 0 Å². The molecule has 9 heteroatoms. The second-order valence-corrected chi connectivity index (χ2v) is 6.39. The molecular weight excluding hydrogens is 369 g/mol. The van der Waals surface area contributed by atoms with Crippen molar-refractivity contribution in [1.29, 1.82) is 0 Å². The van der Waals surface area contributed by atoms with Crippen molar-refractivity contribution in [2.45, 2.75) is 25.4 Å². The van der Waals surface area contributed by atoms with Crippen molar-refractivity contribution in [3.05, 3.63) is 46.9 Å². The van der Waals surface area contributed by atoms with E-state index in [0.717, 1.165) is 31.7 Å². The zero-order valence-electron chi connectivity index (χ0n) is 13.7. The standard InChI is InChI=1S/C17H16ClF3N4O/c18-11-4-5-13(12(8-11)17(19,20)21)24-15-9-14(22-10-23-15)16(26)25-6-2-1-3-7-25/h4-5,8-10H,1-3,6-7H2,(H,22,23,24). The van der Waals surface area contributed by atoms with Crippen LogP contribution in [-0.4, -0.2) is 33.9 Å². The van der Waals surface area contributed by atoms with Gasteiger partial charge >= 0.3 is 6.18 Å². The minimum absolute atomic E-state index is 0.0217. The molecule has 0 atom stereocenters. The van der Waals surface area contributed by atoms with E-state index in [1.54, 1.807) is 4.90 Å².